The normalized spacial score (nSPS) is 20.6. The molecule has 78 valence electrons. The third-order valence-corrected chi connectivity index (χ3v) is 2.31. The highest BCUT2D eigenvalue weighted by molar-refractivity contribution is 5.58. The summed E-state index contributed by atoms with van der Waals surface area (Å²) in [5.41, 5.74) is 0. The van der Waals surface area contributed by atoms with E-state index in [1.165, 1.54) is 0 Å². The first-order valence-corrected chi connectivity index (χ1v) is 5.18. The molecule has 1 rings (SSSR count). The fourth-order valence-electron chi connectivity index (χ4n) is 1.47. The van der Waals surface area contributed by atoms with Crippen LogP contribution in [0.2, 0.25) is 0 Å². The average Bonchev–Trinajstić information content (AvgIpc) is 2.57. The largest absolute Gasteiger partial charge is 0.328 e. The molecular formula is C10H18N4. The molecule has 4 heteroatoms. The SMILES string of the molecule is CCCCN1C=NN(C(C)C)C1C#N. The van der Waals surface area contributed by atoms with Crippen molar-refractivity contribution in [2.75, 3.05) is 6.54 Å². The summed E-state index contributed by atoms with van der Waals surface area (Å²) in [5, 5.41) is 15.1. The van der Waals surface area contributed by atoms with Crippen LogP contribution in [-0.2, 0) is 0 Å². The molecule has 0 bridgehead atoms. The molecular weight excluding hydrogens is 176 g/mol. The summed E-state index contributed by atoms with van der Waals surface area (Å²) in [4.78, 5) is 2.00. The molecule has 0 amide bonds. The summed E-state index contributed by atoms with van der Waals surface area (Å²) in [6.45, 7) is 7.16. The predicted octanol–water partition coefficient (Wildman–Crippen LogP) is 1.61. The Morgan fingerprint density at radius 1 is 1.57 bits per heavy atom. The molecule has 1 aliphatic heterocycles. The monoisotopic (exact) mass is 194 g/mol. The van der Waals surface area contributed by atoms with Gasteiger partial charge in [0.25, 0.3) is 0 Å². The van der Waals surface area contributed by atoms with Gasteiger partial charge in [-0.2, -0.15) is 10.4 Å². The maximum absolute atomic E-state index is 9.04. The van der Waals surface area contributed by atoms with Gasteiger partial charge in [0.05, 0.1) is 0 Å². The van der Waals surface area contributed by atoms with Crippen molar-refractivity contribution in [2.45, 2.75) is 45.8 Å². The molecule has 14 heavy (non-hydrogen) atoms. The van der Waals surface area contributed by atoms with Crippen LogP contribution in [0.15, 0.2) is 5.10 Å². The topological polar surface area (TPSA) is 42.6 Å². The van der Waals surface area contributed by atoms with E-state index in [0.717, 1.165) is 19.4 Å². The van der Waals surface area contributed by atoms with Gasteiger partial charge < -0.3 is 4.90 Å². The van der Waals surface area contributed by atoms with Gasteiger partial charge in [-0.25, -0.2) is 0 Å². The average molecular weight is 194 g/mol. The molecule has 0 saturated heterocycles. The van der Waals surface area contributed by atoms with Crippen LogP contribution >= 0.6 is 0 Å². The Balaban J connectivity index is 2.56. The second kappa shape index (κ2) is 4.85. The highest BCUT2D eigenvalue weighted by atomic mass is 15.6. The van der Waals surface area contributed by atoms with Crippen LogP contribution in [0, 0.1) is 11.3 Å². The van der Waals surface area contributed by atoms with Gasteiger partial charge in [0, 0.05) is 12.6 Å². The lowest BCUT2D eigenvalue weighted by Crippen LogP contribution is -2.41. The summed E-state index contributed by atoms with van der Waals surface area (Å²) in [5.74, 6) is 0. The van der Waals surface area contributed by atoms with Gasteiger partial charge in [0.1, 0.15) is 12.4 Å². The van der Waals surface area contributed by atoms with E-state index in [1.807, 2.05) is 23.8 Å². The second-order valence-corrected chi connectivity index (χ2v) is 3.80. The minimum Gasteiger partial charge on any atom is -0.328 e. The van der Waals surface area contributed by atoms with Crippen LogP contribution in [0.1, 0.15) is 33.6 Å². The molecule has 1 unspecified atom stereocenters. The third-order valence-electron chi connectivity index (χ3n) is 2.31. The van der Waals surface area contributed by atoms with E-state index in [9.17, 15) is 0 Å². The molecule has 1 heterocycles. The molecule has 4 nitrogen and oxygen atoms in total. The highest BCUT2D eigenvalue weighted by Gasteiger charge is 2.28. The second-order valence-electron chi connectivity index (χ2n) is 3.80. The first-order chi connectivity index (χ1) is 6.70. The number of unbranched alkanes of at least 4 members (excludes halogenated alkanes) is 1. The summed E-state index contributed by atoms with van der Waals surface area (Å²) < 4.78 is 0. The highest BCUT2D eigenvalue weighted by Crippen LogP contribution is 2.15. The molecule has 0 aromatic heterocycles. The van der Waals surface area contributed by atoms with Gasteiger partial charge in [-0.05, 0) is 20.3 Å². The van der Waals surface area contributed by atoms with Crippen molar-refractivity contribution in [1.82, 2.24) is 9.91 Å². The zero-order valence-corrected chi connectivity index (χ0v) is 9.14. The van der Waals surface area contributed by atoms with E-state index >= 15 is 0 Å². The number of rotatable bonds is 4. The van der Waals surface area contributed by atoms with E-state index in [0.29, 0.717) is 0 Å². The van der Waals surface area contributed by atoms with Crippen molar-refractivity contribution >= 4 is 6.34 Å². The lowest BCUT2D eigenvalue weighted by Gasteiger charge is -2.27. The summed E-state index contributed by atoms with van der Waals surface area (Å²) in [6, 6.07) is 2.56. The molecule has 0 N–H and O–H groups in total. The Labute approximate surface area is 85.8 Å². The van der Waals surface area contributed by atoms with Crippen LogP contribution in [0.4, 0.5) is 0 Å². The molecule has 0 aliphatic carbocycles. The maximum atomic E-state index is 9.04. The summed E-state index contributed by atoms with van der Waals surface area (Å²) >= 11 is 0. The van der Waals surface area contributed by atoms with Gasteiger partial charge in [-0.15, -0.1) is 0 Å². The van der Waals surface area contributed by atoms with Gasteiger partial charge in [-0.3, -0.25) is 5.01 Å². The predicted molar refractivity (Wildman–Crippen MR) is 56.5 cm³/mol. The fourth-order valence-corrected chi connectivity index (χ4v) is 1.47. The lowest BCUT2D eigenvalue weighted by molar-refractivity contribution is 0.140. The van der Waals surface area contributed by atoms with Crippen molar-refractivity contribution < 1.29 is 0 Å². The van der Waals surface area contributed by atoms with Gasteiger partial charge in [-0.1, -0.05) is 13.3 Å². The van der Waals surface area contributed by atoms with E-state index < -0.39 is 0 Å². The Bertz CT molecular complexity index is 241. The van der Waals surface area contributed by atoms with E-state index in [-0.39, 0.29) is 12.2 Å². The van der Waals surface area contributed by atoms with E-state index in [4.69, 9.17) is 5.26 Å². The first-order valence-electron chi connectivity index (χ1n) is 5.18. The number of hydrogen-bond acceptors (Lipinski definition) is 4. The van der Waals surface area contributed by atoms with Gasteiger partial charge in [0.2, 0.25) is 6.17 Å². The molecule has 1 atom stereocenters. The van der Waals surface area contributed by atoms with Crippen LogP contribution in [0.25, 0.3) is 0 Å². The number of hydrogen-bond donors (Lipinski definition) is 0. The number of nitrogens with zero attached hydrogens (tertiary/aromatic N) is 4. The molecule has 0 aromatic rings. The van der Waals surface area contributed by atoms with Gasteiger partial charge in [0.15, 0.2) is 0 Å². The molecule has 1 aliphatic rings. The molecule has 0 fully saturated rings. The molecule has 0 saturated carbocycles. The Kier molecular flexibility index (Phi) is 3.75. The molecule has 0 aromatic carbocycles. The maximum Gasteiger partial charge on any atom is 0.207 e. The first kappa shape index (κ1) is 10.8. The van der Waals surface area contributed by atoms with Crippen molar-refractivity contribution in [3.63, 3.8) is 0 Å². The van der Waals surface area contributed by atoms with Crippen LogP contribution in [0.3, 0.4) is 0 Å². The van der Waals surface area contributed by atoms with Gasteiger partial charge >= 0.3 is 0 Å². The third kappa shape index (κ3) is 2.16. The fraction of sp³-hybridized carbons (Fsp3) is 0.800. The molecule has 0 radical (unpaired) electrons. The van der Waals surface area contributed by atoms with E-state index in [1.54, 1.807) is 6.34 Å². The van der Waals surface area contributed by atoms with E-state index in [2.05, 4.69) is 18.1 Å². The number of nitriles is 1. The minimum atomic E-state index is -0.207. The minimum absolute atomic E-state index is 0.207. The molecule has 0 spiro atoms. The van der Waals surface area contributed by atoms with Crippen molar-refractivity contribution in [2.24, 2.45) is 5.10 Å². The quantitative estimate of drug-likeness (QED) is 0.682. The lowest BCUT2D eigenvalue weighted by atomic mass is 10.3. The summed E-state index contributed by atoms with van der Waals surface area (Å²) in [7, 11) is 0. The summed E-state index contributed by atoms with van der Waals surface area (Å²) in [6.07, 6.45) is 3.82. The Morgan fingerprint density at radius 2 is 2.29 bits per heavy atom. The van der Waals surface area contributed by atoms with Crippen molar-refractivity contribution in [1.29, 1.82) is 5.26 Å². The zero-order chi connectivity index (χ0) is 10.6. The van der Waals surface area contributed by atoms with Crippen LogP contribution < -0.4 is 0 Å². The van der Waals surface area contributed by atoms with Crippen molar-refractivity contribution in [3.05, 3.63) is 0 Å². The Morgan fingerprint density at radius 3 is 2.79 bits per heavy atom. The zero-order valence-electron chi connectivity index (χ0n) is 9.14. The van der Waals surface area contributed by atoms with Crippen LogP contribution in [-0.4, -0.2) is 35.0 Å². The Hall–Kier alpha value is -1.24. The smallest absolute Gasteiger partial charge is 0.207 e. The van der Waals surface area contributed by atoms with Crippen molar-refractivity contribution in [3.8, 4) is 6.07 Å². The number of hydrazone groups is 1. The van der Waals surface area contributed by atoms with Crippen LogP contribution in [0.5, 0.6) is 0 Å². The standard InChI is InChI=1S/C10H18N4/c1-4-5-6-13-8-12-14(9(2)3)10(13)7-11/h8-10H,4-6H2,1-3H3.